The van der Waals surface area contributed by atoms with Crippen LogP contribution in [0.25, 0.3) is 11.0 Å². The molecule has 0 fully saturated rings. The van der Waals surface area contributed by atoms with E-state index in [-0.39, 0.29) is 41.1 Å². The first kappa shape index (κ1) is 22.0. The van der Waals surface area contributed by atoms with E-state index in [2.05, 4.69) is 20.1 Å². The number of rotatable bonds is 8. The van der Waals surface area contributed by atoms with Gasteiger partial charge in [-0.25, -0.2) is 17.9 Å². The van der Waals surface area contributed by atoms with Gasteiger partial charge in [-0.2, -0.15) is 0 Å². The fourth-order valence-electron chi connectivity index (χ4n) is 2.26. The number of sulfonamides is 1. The van der Waals surface area contributed by atoms with Crippen molar-refractivity contribution >= 4 is 44.5 Å². The number of fused-ring (bicyclic) bond motifs is 1. The molecule has 2 aromatic rings. The molecule has 0 bridgehead atoms. The number of carbonyl (C=O) groups excluding carboxylic acids is 3. The summed E-state index contributed by atoms with van der Waals surface area (Å²) < 4.78 is 36.5. The summed E-state index contributed by atoms with van der Waals surface area (Å²) in [4.78, 5) is 45.3. The highest BCUT2D eigenvalue weighted by Crippen LogP contribution is 2.20. The number of hydrogen-bond donors (Lipinski definition) is 3. The second-order valence-electron chi connectivity index (χ2n) is 5.83. The molecule has 1 aromatic carbocycles. The Morgan fingerprint density at radius 3 is 2.55 bits per heavy atom. The lowest BCUT2D eigenvalue weighted by molar-refractivity contribution is -0.141. The number of benzene rings is 1. The summed E-state index contributed by atoms with van der Waals surface area (Å²) in [6, 6.07) is 5.13. The van der Waals surface area contributed by atoms with Gasteiger partial charge < -0.3 is 19.8 Å². The number of ether oxygens (including phenoxy) is 1. The molecule has 29 heavy (non-hydrogen) atoms. The number of esters is 1. The number of nitrogens with one attached hydrogen (secondary N) is 3. The van der Waals surface area contributed by atoms with E-state index in [0.29, 0.717) is 0 Å². The number of anilines is 1. The van der Waals surface area contributed by atoms with E-state index in [9.17, 15) is 27.6 Å². The molecule has 0 radical (unpaired) electrons. The van der Waals surface area contributed by atoms with Crippen LogP contribution in [0.1, 0.15) is 13.3 Å². The Kier molecular flexibility index (Phi) is 7.07. The van der Waals surface area contributed by atoms with Gasteiger partial charge in [-0.3, -0.25) is 14.4 Å². The van der Waals surface area contributed by atoms with Crippen molar-refractivity contribution in [3.05, 3.63) is 34.7 Å². The van der Waals surface area contributed by atoms with Crippen molar-refractivity contribution < 1.29 is 32.0 Å². The van der Waals surface area contributed by atoms with Crippen molar-refractivity contribution in [3.63, 3.8) is 0 Å². The van der Waals surface area contributed by atoms with Gasteiger partial charge in [-0.1, -0.05) is 0 Å². The first-order chi connectivity index (χ1) is 13.6. The van der Waals surface area contributed by atoms with E-state index < -0.39 is 33.4 Å². The Balaban J connectivity index is 2.10. The molecule has 12 heteroatoms. The largest absolute Gasteiger partial charge is 0.468 e. The monoisotopic (exact) mass is 425 g/mol. The summed E-state index contributed by atoms with van der Waals surface area (Å²) in [7, 11) is -2.78. The highest BCUT2D eigenvalue weighted by Gasteiger charge is 2.16. The summed E-state index contributed by atoms with van der Waals surface area (Å²) in [6.45, 7) is 0.707. The van der Waals surface area contributed by atoms with E-state index in [1.807, 2.05) is 0 Å². The number of methoxy groups -OCH3 is 1. The Morgan fingerprint density at radius 2 is 1.90 bits per heavy atom. The first-order valence-electron chi connectivity index (χ1n) is 8.31. The highest BCUT2D eigenvalue weighted by atomic mass is 32.2. The maximum absolute atomic E-state index is 12.4. The summed E-state index contributed by atoms with van der Waals surface area (Å²) in [5, 5.41) is 4.88. The molecule has 0 aliphatic carbocycles. The van der Waals surface area contributed by atoms with E-state index in [1.54, 1.807) is 0 Å². The molecule has 0 atom stereocenters. The van der Waals surface area contributed by atoms with Gasteiger partial charge in [0.15, 0.2) is 0 Å². The second-order valence-corrected chi connectivity index (χ2v) is 7.60. The molecule has 0 saturated carbocycles. The molecule has 0 aliphatic rings. The molecule has 1 aromatic heterocycles. The summed E-state index contributed by atoms with van der Waals surface area (Å²) in [5.74, 6) is -1.63. The molecule has 1 heterocycles. The molecule has 0 aliphatic heterocycles. The maximum atomic E-state index is 12.4. The molecule has 0 spiro atoms. The third kappa shape index (κ3) is 6.12. The predicted octanol–water partition coefficient (Wildman–Crippen LogP) is -0.291. The van der Waals surface area contributed by atoms with Gasteiger partial charge in [-0.15, -0.1) is 0 Å². The van der Waals surface area contributed by atoms with Crippen LogP contribution in [-0.2, 0) is 29.1 Å². The first-order valence-corrected chi connectivity index (χ1v) is 9.79. The lowest BCUT2D eigenvalue weighted by Crippen LogP contribution is -2.33. The molecule has 11 nitrogen and oxygen atoms in total. The van der Waals surface area contributed by atoms with E-state index >= 15 is 0 Å². The van der Waals surface area contributed by atoms with Crippen molar-refractivity contribution in [1.29, 1.82) is 0 Å². The van der Waals surface area contributed by atoms with Gasteiger partial charge in [0.25, 0.3) is 0 Å². The summed E-state index contributed by atoms with van der Waals surface area (Å²) in [5.41, 5.74) is -0.737. The second kappa shape index (κ2) is 9.30. The predicted molar refractivity (Wildman–Crippen MR) is 102 cm³/mol. The molecular formula is C17H19N3O8S. The highest BCUT2D eigenvalue weighted by molar-refractivity contribution is 7.89. The normalized spacial score (nSPS) is 11.1. The zero-order valence-electron chi connectivity index (χ0n) is 15.6. The van der Waals surface area contributed by atoms with Crippen molar-refractivity contribution in [3.8, 4) is 0 Å². The Morgan fingerprint density at radius 1 is 1.17 bits per heavy atom. The van der Waals surface area contributed by atoms with Crippen LogP contribution >= 0.6 is 0 Å². The van der Waals surface area contributed by atoms with Crippen molar-refractivity contribution in [1.82, 2.24) is 10.0 Å². The van der Waals surface area contributed by atoms with Crippen molar-refractivity contribution in [2.75, 3.05) is 25.5 Å². The quantitative estimate of drug-likeness (QED) is 0.384. The number of hydrogen-bond acceptors (Lipinski definition) is 8. The van der Waals surface area contributed by atoms with Gasteiger partial charge in [-0.05, 0) is 24.3 Å². The minimum absolute atomic E-state index is 0.116. The summed E-state index contributed by atoms with van der Waals surface area (Å²) in [6.07, 6.45) is -0.189. The molecule has 2 amide bonds. The van der Waals surface area contributed by atoms with Crippen LogP contribution in [0.2, 0.25) is 0 Å². The fourth-order valence-corrected chi connectivity index (χ4v) is 3.33. The van der Waals surface area contributed by atoms with E-state index in [4.69, 9.17) is 4.42 Å². The van der Waals surface area contributed by atoms with Crippen LogP contribution in [0.3, 0.4) is 0 Å². The standard InChI is InChI=1S/C17H19N3O8S/c1-10(21)20-13-8-11-7-12(3-4-14(11)28-17(13)24)29(25,26)19-6-5-15(22)18-9-16(23)27-2/h3-4,7-8,19H,5-6,9H2,1-2H3,(H,18,22)(H,20,21). The zero-order chi connectivity index (χ0) is 21.6. The molecule has 156 valence electrons. The third-order valence-corrected chi connectivity index (χ3v) is 5.09. The van der Waals surface area contributed by atoms with Crippen LogP contribution in [0.5, 0.6) is 0 Å². The van der Waals surface area contributed by atoms with Crippen LogP contribution in [0, 0.1) is 0 Å². The van der Waals surface area contributed by atoms with Gasteiger partial charge in [0.1, 0.15) is 17.8 Å². The number of amides is 2. The lowest BCUT2D eigenvalue weighted by atomic mass is 10.2. The van der Waals surface area contributed by atoms with Crippen LogP contribution in [0.15, 0.2) is 38.4 Å². The Labute approximate surface area is 165 Å². The van der Waals surface area contributed by atoms with E-state index in [0.717, 1.165) is 0 Å². The Hall–Kier alpha value is -3.25. The number of carbonyl (C=O) groups is 3. The van der Waals surface area contributed by atoms with Crippen molar-refractivity contribution in [2.24, 2.45) is 0 Å². The van der Waals surface area contributed by atoms with Crippen LogP contribution in [0.4, 0.5) is 5.69 Å². The Bertz CT molecular complexity index is 1110. The molecular weight excluding hydrogens is 406 g/mol. The fraction of sp³-hybridized carbons (Fsp3) is 0.294. The average Bonchev–Trinajstić information content (AvgIpc) is 2.65. The third-order valence-electron chi connectivity index (χ3n) is 3.63. The topological polar surface area (TPSA) is 161 Å². The van der Waals surface area contributed by atoms with Crippen LogP contribution in [-0.4, -0.2) is 46.4 Å². The molecule has 2 rings (SSSR count). The van der Waals surface area contributed by atoms with Crippen LogP contribution < -0.4 is 21.0 Å². The average molecular weight is 425 g/mol. The van der Waals surface area contributed by atoms with Gasteiger partial charge in [0.2, 0.25) is 21.8 Å². The van der Waals surface area contributed by atoms with E-state index in [1.165, 1.54) is 38.3 Å². The SMILES string of the molecule is COC(=O)CNC(=O)CCNS(=O)(=O)c1ccc2oc(=O)c(NC(C)=O)cc2c1. The molecule has 0 saturated heterocycles. The molecule has 0 unspecified atom stereocenters. The minimum Gasteiger partial charge on any atom is -0.468 e. The van der Waals surface area contributed by atoms with Gasteiger partial charge in [0, 0.05) is 25.3 Å². The molecule has 3 N–H and O–H groups in total. The van der Waals surface area contributed by atoms with Gasteiger partial charge in [0.05, 0.1) is 12.0 Å². The minimum atomic E-state index is -3.96. The van der Waals surface area contributed by atoms with Gasteiger partial charge >= 0.3 is 11.6 Å². The summed E-state index contributed by atoms with van der Waals surface area (Å²) >= 11 is 0. The maximum Gasteiger partial charge on any atom is 0.360 e. The zero-order valence-corrected chi connectivity index (χ0v) is 16.4. The lowest BCUT2D eigenvalue weighted by Gasteiger charge is -2.08. The van der Waals surface area contributed by atoms with Crippen molar-refractivity contribution in [2.45, 2.75) is 18.2 Å². The smallest absolute Gasteiger partial charge is 0.360 e.